The van der Waals surface area contributed by atoms with Gasteiger partial charge in [-0.25, -0.2) is 0 Å². The Labute approximate surface area is 117 Å². The molecular weight excluding hydrogens is 246 g/mol. The van der Waals surface area contributed by atoms with Crippen LogP contribution in [0, 0.1) is 19.8 Å². The molecule has 0 saturated heterocycles. The van der Waals surface area contributed by atoms with Gasteiger partial charge in [0.2, 0.25) is 0 Å². The van der Waals surface area contributed by atoms with Gasteiger partial charge < -0.3 is 10.8 Å². The van der Waals surface area contributed by atoms with Crippen molar-refractivity contribution < 1.29 is 5.11 Å². The molecule has 0 aliphatic heterocycles. The van der Waals surface area contributed by atoms with Crippen molar-refractivity contribution in [2.24, 2.45) is 11.7 Å². The number of hydrogen-bond acceptors (Lipinski definition) is 2. The minimum atomic E-state index is -0.445. The molecule has 0 spiro atoms. The van der Waals surface area contributed by atoms with Gasteiger partial charge in [0.05, 0.1) is 12.1 Å². The van der Waals surface area contributed by atoms with Gasteiger partial charge >= 0.3 is 0 Å². The van der Waals surface area contributed by atoms with Gasteiger partial charge in [-0.3, -0.25) is 0 Å². The molecule has 0 heterocycles. The first-order chi connectivity index (χ1) is 7.91. The maximum absolute atomic E-state index is 10.1. The van der Waals surface area contributed by atoms with Crippen molar-refractivity contribution in [1.82, 2.24) is 0 Å². The van der Waals surface area contributed by atoms with E-state index in [4.69, 9.17) is 5.73 Å². The van der Waals surface area contributed by atoms with E-state index in [1.165, 1.54) is 11.1 Å². The van der Waals surface area contributed by atoms with Crippen LogP contribution in [-0.4, -0.2) is 11.2 Å². The lowest BCUT2D eigenvalue weighted by Crippen LogP contribution is -2.26. The smallest absolute Gasteiger partial charge is 0.0732 e. The van der Waals surface area contributed by atoms with Crippen molar-refractivity contribution >= 4 is 12.4 Å². The lowest BCUT2D eigenvalue weighted by atomic mass is 9.94. The maximum atomic E-state index is 10.1. The molecule has 0 aromatic heterocycles. The van der Waals surface area contributed by atoms with Gasteiger partial charge in [0.1, 0.15) is 0 Å². The summed E-state index contributed by atoms with van der Waals surface area (Å²) < 4.78 is 0. The van der Waals surface area contributed by atoms with E-state index in [9.17, 15) is 5.11 Å². The van der Waals surface area contributed by atoms with Gasteiger partial charge in [0, 0.05) is 0 Å². The normalized spacial score (nSPS) is 14.2. The van der Waals surface area contributed by atoms with Crippen molar-refractivity contribution in [2.45, 2.75) is 52.7 Å². The van der Waals surface area contributed by atoms with Crippen molar-refractivity contribution in [1.29, 1.82) is 0 Å². The summed E-state index contributed by atoms with van der Waals surface area (Å²) in [5, 5.41) is 10.1. The highest BCUT2D eigenvalue weighted by Gasteiger charge is 2.17. The summed E-state index contributed by atoms with van der Waals surface area (Å²) in [7, 11) is 0. The number of aliphatic hydroxyl groups is 1. The summed E-state index contributed by atoms with van der Waals surface area (Å²) in [5.41, 5.74) is 9.62. The maximum Gasteiger partial charge on any atom is 0.0732 e. The molecule has 0 amide bonds. The van der Waals surface area contributed by atoms with Crippen LogP contribution in [0.25, 0.3) is 0 Å². The quantitative estimate of drug-likeness (QED) is 0.861. The molecule has 0 unspecified atom stereocenters. The molecule has 2 nitrogen and oxygen atoms in total. The summed E-state index contributed by atoms with van der Waals surface area (Å²) in [6, 6.07) is 5.90. The lowest BCUT2D eigenvalue weighted by molar-refractivity contribution is 0.128. The van der Waals surface area contributed by atoms with E-state index in [1.807, 2.05) is 6.07 Å². The third-order valence-corrected chi connectivity index (χ3v) is 3.37. The van der Waals surface area contributed by atoms with Crippen LogP contribution < -0.4 is 5.73 Å². The van der Waals surface area contributed by atoms with E-state index >= 15 is 0 Å². The van der Waals surface area contributed by atoms with E-state index in [-0.39, 0.29) is 18.4 Å². The summed E-state index contributed by atoms with van der Waals surface area (Å²) in [4.78, 5) is 0. The van der Waals surface area contributed by atoms with Gasteiger partial charge in [0.25, 0.3) is 0 Å². The Hall–Kier alpha value is -0.570. The van der Waals surface area contributed by atoms with Crippen LogP contribution in [0.2, 0.25) is 0 Å². The highest BCUT2D eigenvalue weighted by Crippen LogP contribution is 2.21. The van der Waals surface area contributed by atoms with Crippen LogP contribution in [0.4, 0.5) is 0 Å². The monoisotopic (exact) mass is 271 g/mol. The van der Waals surface area contributed by atoms with E-state index in [0.29, 0.717) is 5.92 Å². The number of benzene rings is 1. The molecule has 1 rings (SSSR count). The first kappa shape index (κ1) is 17.4. The Balaban J connectivity index is 0.00000289. The van der Waals surface area contributed by atoms with Gasteiger partial charge in [-0.15, -0.1) is 12.4 Å². The van der Waals surface area contributed by atoms with Crippen molar-refractivity contribution in [3.05, 3.63) is 34.9 Å². The third kappa shape index (κ3) is 4.97. The van der Waals surface area contributed by atoms with Crippen molar-refractivity contribution in [3.8, 4) is 0 Å². The second-order valence-corrected chi connectivity index (χ2v) is 5.41. The zero-order valence-corrected chi connectivity index (χ0v) is 12.6. The molecule has 0 fully saturated rings. The van der Waals surface area contributed by atoms with Crippen LogP contribution in [-0.2, 0) is 0 Å². The van der Waals surface area contributed by atoms with E-state index in [0.717, 1.165) is 18.4 Å². The molecule has 104 valence electrons. The molecule has 0 aliphatic carbocycles. The molecule has 3 N–H and O–H groups in total. The van der Waals surface area contributed by atoms with Gasteiger partial charge in [-0.2, -0.15) is 0 Å². The van der Waals surface area contributed by atoms with Crippen LogP contribution in [0.1, 0.15) is 49.4 Å². The molecule has 3 heteroatoms. The number of hydrogen-bond donors (Lipinski definition) is 2. The predicted molar refractivity (Wildman–Crippen MR) is 80.2 cm³/mol. The number of halogens is 1. The van der Waals surface area contributed by atoms with E-state index in [2.05, 4.69) is 39.8 Å². The molecule has 1 aromatic carbocycles. The number of rotatable bonds is 5. The van der Waals surface area contributed by atoms with Gasteiger partial charge in [-0.1, -0.05) is 32.0 Å². The van der Waals surface area contributed by atoms with Crippen LogP contribution in [0.15, 0.2) is 18.2 Å². The molecule has 1 aromatic rings. The number of aliphatic hydroxyl groups excluding tert-OH is 1. The van der Waals surface area contributed by atoms with Crippen LogP contribution in [0.5, 0.6) is 0 Å². The van der Waals surface area contributed by atoms with Gasteiger partial charge in [-0.05, 0) is 49.3 Å². The molecule has 18 heavy (non-hydrogen) atoms. The van der Waals surface area contributed by atoms with Gasteiger partial charge in [0.15, 0.2) is 0 Å². The Bertz CT molecular complexity index is 366. The fraction of sp³-hybridized carbons (Fsp3) is 0.600. The Morgan fingerprint density at radius 1 is 1.11 bits per heavy atom. The highest BCUT2D eigenvalue weighted by molar-refractivity contribution is 5.85. The van der Waals surface area contributed by atoms with Crippen molar-refractivity contribution in [2.75, 3.05) is 0 Å². The lowest BCUT2D eigenvalue weighted by Gasteiger charge is -2.20. The minimum Gasteiger partial charge on any atom is -0.391 e. The molecular formula is C15H26ClNO. The fourth-order valence-electron chi connectivity index (χ4n) is 1.88. The highest BCUT2D eigenvalue weighted by atomic mass is 35.5. The average molecular weight is 272 g/mol. The summed E-state index contributed by atoms with van der Waals surface area (Å²) in [6.45, 7) is 8.48. The number of nitrogens with two attached hydrogens (primary N) is 1. The zero-order chi connectivity index (χ0) is 13.0. The second-order valence-electron chi connectivity index (χ2n) is 5.41. The molecule has 0 radical (unpaired) electrons. The predicted octanol–water partition coefficient (Wildman–Crippen LogP) is 3.52. The van der Waals surface area contributed by atoms with Crippen LogP contribution in [0.3, 0.4) is 0 Å². The Morgan fingerprint density at radius 3 is 2.22 bits per heavy atom. The zero-order valence-electron chi connectivity index (χ0n) is 11.8. The topological polar surface area (TPSA) is 46.2 Å². The molecule has 0 saturated carbocycles. The summed E-state index contributed by atoms with van der Waals surface area (Å²) >= 11 is 0. The number of aryl methyl sites for hydroxylation is 2. The third-order valence-electron chi connectivity index (χ3n) is 3.37. The minimum absolute atomic E-state index is 0. The average Bonchev–Trinajstić information content (AvgIpc) is 2.28. The SMILES string of the molecule is Cc1ccc([C@@H](N)[C@@H](O)CCC(C)C)cc1C.Cl. The Kier molecular flexibility index (Phi) is 7.53. The first-order valence-electron chi connectivity index (χ1n) is 6.42. The summed E-state index contributed by atoms with van der Waals surface area (Å²) in [6.07, 6.45) is 1.34. The van der Waals surface area contributed by atoms with E-state index < -0.39 is 6.10 Å². The molecule has 2 atom stereocenters. The molecule has 0 bridgehead atoms. The van der Waals surface area contributed by atoms with Crippen molar-refractivity contribution in [3.63, 3.8) is 0 Å². The molecule has 0 aliphatic rings. The van der Waals surface area contributed by atoms with Crippen LogP contribution >= 0.6 is 12.4 Å². The summed E-state index contributed by atoms with van der Waals surface area (Å²) in [5.74, 6) is 0.608. The fourth-order valence-corrected chi connectivity index (χ4v) is 1.88. The second kappa shape index (κ2) is 7.78. The van der Waals surface area contributed by atoms with E-state index in [1.54, 1.807) is 0 Å². The standard InChI is InChI=1S/C15H25NO.ClH/c1-10(2)5-8-14(17)15(16)13-7-6-11(3)12(4)9-13;/h6-7,9-10,14-15,17H,5,8,16H2,1-4H3;1H/t14-,15+;/m0./s1. The Morgan fingerprint density at radius 2 is 1.72 bits per heavy atom. The first-order valence-corrected chi connectivity index (χ1v) is 6.42. The largest absolute Gasteiger partial charge is 0.391 e.